The van der Waals surface area contributed by atoms with Crippen molar-refractivity contribution in [3.05, 3.63) is 41.7 Å². The van der Waals surface area contributed by atoms with Gasteiger partial charge in [-0.05, 0) is 31.3 Å². The van der Waals surface area contributed by atoms with E-state index in [2.05, 4.69) is 37.4 Å². The predicted octanol–water partition coefficient (Wildman–Crippen LogP) is 2.32. The van der Waals surface area contributed by atoms with Gasteiger partial charge in [0.25, 0.3) is 0 Å². The van der Waals surface area contributed by atoms with Crippen molar-refractivity contribution in [2.45, 2.75) is 6.42 Å². The van der Waals surface area contributed by atoms with E-state index in [0.29, 0.717) is 29.6 Å². The van der Waals surface area contributed by atoms with E-state index < -0.39 is 0 Å². The molecule has 1 fully saturated rings. The summed E-state index contributed by atoms with van der Waals surface area (Å²) in [4.78, 5) is 24.8. The Hall–Kier alpha value is -2.38. The first-order valence-electron chi connectivity index (χ1n) is 8.65. The van der Waals surface area contributed by atoms with E-state index in [1.165, 1.54) is 0 Å². The van der Waals surface area contributed by atoms with Crippen LogP contribution in [0.2, 0.25) is 5.02 Å². The summed E-state index contributed by atoms with van der Waals surface area (Å²) in [5, 5.41) is 6.54. The second-order valence-corrected chi connectivity index (χ2v) is 6.66. The van der Waals surface area contributed by atoms with Crippen LogP contribution in [0, 0.1) is 0 Å². The molecule has 1 aromatic carbocycles. The Morgan fingerprint density at radius 3 is 2.62 bits per heavy atom. The van der Waals surface area contributed by atoms with Gasteiger partial charge in [0.05, 0.1) is 10.7 Å². The highest BCUT2D eigenvalue weighted by Crippen LogP contribution is 2.29. The normalized spacial score (nSPS) is 14.9. The molecule has 1 aliphatic heterocycles. The first-order valence-corrected chi connectivity index (χ1v) is 9.03. The third kappa shape index (κ3) is 5.06. The molecule has 26 heavy (non-hydrogen) atoms. The molecule has 2 aromatic rings. The summed E-state index contributed by atoms with van der Waals surface area (Å²) in [6.07, 6.45) is 3.62. The zero-order chi connectivity index (χ0) is 18.4. The fourth-order valence-corrected chi connectivity index (χ4v) is 3.09. The molecule has 0 radical (unpaired) electrons. The molecule has 1 aliphatic rings. The molecular formula is C18H23ClN6O. The molecule has 0 bridgehead atoms. The lowest BCUT2D eigenvalue weighted by molar-refractivity contribution is -0.115. The largest absolute Gasteiger partial charge is 0.368 e. The molecule has 7 nitrogen and oxygen atoms in total. The van der Waals surface area contributed by atoms with Gasteiger partial charge in [-0.3, -0.25) is 4.79 Å². The maximum Gasteiger partial charge on any atom is 0.226 e. The number of carbonyl (C=O) groups excluding carboxylic acids is 1. The van der Waals surface area contributed by atoms with Crippen LogP contribution >= 0.6 is 11.6 Å². The number of anilines is 3. The van der Waals surface area contributed by atoms with Gasteiger partial charge in [0.15, 0.2) is 0 Å². The van der Waals surface area contributed by atoms with Crippen LogP contribution in [0.1, 0.15) is 6.42 Å². The molecule has 0 unspecified atom stereocenters. The van der Waals surface area contributed by atoms with Crippen LogP contribution in [0.5, 0.6) is 0 Å². The number of hydrogen-bond acceptors (Lipinski definition) is 6. The maximum absolute atomic E-state index is 12.1. The monoisotopic (exact) mass is 374 g/mol. The molecule has 8 heteroatoms. The van der Waals surface area contributed by atoms with Gasteiger partial charge in [-0.2, -0.15) is 0 Å². The van der Waals surface area contributed by atoms with E-state index in [9.17, 15) is 4.79 Å². The van der Waals surface area contributed by atoms with Gasteiger partial charge in [0.2, 0.25) is 11.9 Å². The lowest BCUT2D eigenvalue weighted by Crippen LogP contribution is -2.44. The number of aromatic nitrogens is 2. The number of hydrogen-bond donors (Lipinski definition) is 2. The highest BCUT2D eigenvalue weighted by Gasteiger charge is 2.17. The fourth-order valence-electron chi connectivity index (χ4n) is 2.79. The molecule has 1 amide bonds. The van der Waals surface area contributed by atoms with Crippen LogP contribution in [-0.4, -0.2) is 60.5 Å². The fraction of sp³-hybridized carbons (Fsp3) is 0.389. The molecule has 2 heterocycles. The summed E-state index contributed by atoms with van der Waals surface area (Å²) < 4.78 is 0. The van der Waals surface area contributed by atoms with E-state index in [-0.39, 0.29) is 5.91 Å². The quantitative estimate of drug-likeness (QED) is 0.808. The number of likely N-dealkylation sites (N-methyl/N-ethyl adjacent to an activating group) is 1. The Kier molecular flexibility index (Phi) is 6.25. The average molecular weight is 375 g/mol. The van der Waals surface area contributed by atoms with Crippen molar-refractivity contribution in [3.63, 3.8) is 0 Å². The van der Waals surface area contributed by atoms with Crippen LogP contribution in [0.15, 0.2) is 36.7 Å². The van der Waals surface area contributed by atoms with Gasteiger partial charge < -0.3 is 20.4 Å². The van der Waals surface area contributed by atoms with Gasteiger partial charge in [0.1, 0.15) is 0 Å². The number of carbonyl (C=O) groups is 1. The summed E-state index contributed by atoms with van der Waals surface area (Å²) >= 11 is 6.43. The van der Waals surface area contributed by atoms with Crippen molar-refractivity contribution in [3.8, 4) is 0 Å². The summed E-state index contributed by atoms with van der Waals surface area (Å²) in [6.45, 7) is 4.41. The van der Waals surface area contributed by atoms with Crippen LogP contribution in [0.4, 0.5) is 17.3 Å². The topological polar surface area (TPSA) is 73.4 Å². The Morgan fingerprint density at radius 2 is 1.92 bits per heavy atom. The number of rotatable bonds is 6. The number of halogens is 1. The zero-order valence-corrected chi connectivity index (χ0v) is 15.5. The minimum Gasteiger partial charge on any atom is -0.368 e. The van der Waals surface area contributed by atoms with E-state index in [0.717, 1.165) is 31.9 Å². The van der Waals surface area contributed by atoms with E-state index in [4.69, 9.17) is 11.6 Å². The maximum atomic E-state index is 12.1. The van der Waals surface area contributed by atoms with Gasteiger partial charge in [-0.25, -0.2) is 9.97 Å². The number of amides is 1. The molecule has 0 aliphatic carbocycles. The lowest BCUT2D eigenvalue weighted by Gasteiger charge is -2.34. The Labute approximate surface area is 158 Å². The number of piperazine rings is 1. The third-order valence-corrected chi connectivity index (χ3v) is 4.58. The SMILES string of the molecule is CN1CCN(c2ccc(NC(=O)CCNc3ncccn3)cc2Cl)CC1. The van der Waals surface area contributed by atoms with Gasteiger partial charge in [-0.1, -0.05) is 11.6 Å². The summed E-state index contributed by atoms with van der Waals surface area (Å²) in [5.41, 5.74) is 1.72. The summed E-state index contributed by atoms with van der Waals surface area (Å²) in [6, 6.07) is 7.42. The number of benzene rings is 1. The molecule has 2 N–H and O–H groups in total. The zero-order valence-electron chi connectivity index (χ0n) is 14.8. The third-order valence-electron chi connectivity index (χ3n) is 4.28. The Balaban J connectivity index is 1.50. The van der Waals surface area contributed by atoms with Crippen LogP contribution in [-0.2, 0) is 4.79 Å². The Morgan fingerprint density at radius 1 is 1.19 bits per heavy atom. The molecule has 3 rings (SSSR count). The van der Waals surface area contributed by atoms with Crippen molar-refractivity contribution < 1.29 is 4.79 Å². The molecule has 0 spiro atoms. The first kappa shape index (κ1) is 18.4. The molecule has 0 atom stereocenters. The predicted molar refractivity (Wildman–Crippen MR) is 105 cm³/mol. The molecule has 138 valence electrons. The van der Waals surface area contributed by atoms with Crippen molar-refractivity contribution in [2.24, 2.45) is 0 Å². The second-order valence-electron chi connectivity index (χ2n) is 6.25. The second kappa shape index (κ2) is 8.82. The van der Waals surface area contributed by atoms with Crippen molar-refractivity contribution >= 4 is 34.8 Å². The van der Waals surface area contributed by atoms with Crippen LogP contribution < -0.4 is 15.5 Å². The average Bonchev–Trinajstić information content (AvgIpc) is 2.64. The minimum atomic E-state index is -0.0863. The van der Waals surface area contributed by atoms with Gasteiger partial charge >= 0.3 is 0 Å². The summed E-state index contributed by atoms with van der Waals surface area (Å²) in [5.74, 6) is 0.428. The lowest BCUT2D eigenvalue weighted by atomic mass is 10.2. The Bertz CT molecular complexity index is 734. The molecule has 1 aromatic heterocycles. The van der Waals surface area contributed by atoms with Crippen LogP contribution in [0.3, 0.4) is 0 Å². The number of nitrogens with one attached hydrogen (secondary N) is 2. The first-order chi connectivity index (χ1) is 12.6. The molecule has 1 saturated heterocycles. The number of nitrogens with zero attached hydrogens (tertiary/aromatic N) is 4. The van der Waals surface area contributed by atoms with Gasteiger partial charge in [0, 0.05) is 57.2 Å². The highest BCUT2D eigenvalue weighted by molar-refractivity contribution is 6.33. The minimum absolute atomic E-state index is 0.0863. The highest BCUT2D eigenvalue weighted by atomic mass is 35.5. The smallest absolute Gasteiger partial charge is 0.226 e. The summed E-state index contributed by atoms with van der Waals surface area (Å²) in [7, 11) is 2.12. The van der Waals surface area contributed by atoms with Crippen LogP contribution in [0.25, 0.3) is 0 Å². The van der Waals surface area contributed by atoms with Crippen molar-refractivity contribution in [2.75, 3.05) is 55.3 Å². The molecular weight excluding hydrogens is 352 g/mol. The van der Waals surface area contributed by atoms with Crippen molar-refractivity contribution in [1.29, 1.82) is 0 Å². The van der Waals surface area contributed by atoms with E-state index in [1.54, 1.807) is 24.5 Å². The van der Waals surface area contributed by atoms with E-state index >= 15 is 0 Å². The van der Waals surface area contributed by atoms with E-state index in [1.807, 2.05) is 12.1 Å². The van der Waals surface area contributed by atoms with Crippen molar-refractivity contribution in [1.82, 2.24) is 14.9 Å². The molecule has 0 saturated carbocycles. The van der Waals surface area contributed by atoms with Gasteiger partial charge in [-0.15, -0.1) is 0 Å². The standard InChI is InChI=1S/C18H23ClN6O/c1-24-9-11-25(12-10-24)16-4-3-14(13-15(16)19)23-17(26)5-8-22-18-20-6-2-7-21-18/h2-4,6-7,13H,5,8-12H2,1H3,(H,23,26)(H,20,21,22).